The maximum absolute atomic E-state index is 10.6. The predicted molar refractivity (Wildman–Crippen MR) is 49.8 cm³/mol. The number of carboxylic acid groups (broad SMARTS) is 1. The van der Waals surface area contributed by atoms with E-state index in [1.165, 1.54) is 0 Å². The van der Waals surface area contributed by atoms with Gasteiger partial charge in [0, 0.05) is 11.5 Å². The lowest BCUT2D eigenvalue weighted by Gasteiger charge is -2.06. The van der Waals surface area contributed by atoms with E-state index in [9.17, 15) is 4.79 Å². The highest BCUT2D eigenvalue weighted by atomic mass is 35.5. The van der Waals surface area contributed by atoms with E-state index >= 15 is 0 Å². The van der Waals surface area contributed by atoms with Crippen molar-refractivity contribution >= 4 is 23.3 Å². The summed E-state index contributed by atoms with van der Waals surface area (Å²) >= 11 is 5.79. The topological polar surface area (TPSA) is 49.7 Å². The third-order valence-electron chi connectivity index (χ3n) is 1.88. The number of carboxylic acids is 1. The first-order valence-electron chi connectivity index (χ1n) is 3.76. The van der Waals surface area contributed by atoms with Gasteiger partial charge in [0.15, 0.2) is 0 Å². The van der Waals surface area contributed by atoms with Gasteiger partial charge in [-0.2, -0.15) is 0 Å². The molecule has 0 amide bonds. The summed E-state index contributed by atoms with van der Waals surface area (Å²) in [6, 6.07) is 0. The summed E-state index contributed by atoms with van der Waals surface area (Å²) in [4.78, 5) is 14.5. The van der Waals surface area contributed by atoms with Gasteiger partial charge in [-0.25, -0.2) is 9.79 Å². The number of hydrogen-bond donors (Lipinski definition) is 1. The maximum Gasteiger partial charge on any atom is 0.354 e. The molecule has 4 heteroatoms. The van der Waals surface area contributed by atoms with Crippen molar-refractivity contribution in [1.29, 1.82) is 0 Å². The first kappa shape index (κ1) is 8.26. The van der Waals surface area contributed by atoms with Crippen molar-refractivity contribution < 1.29 is 9.90 Å². The van der Waals surface area contributed by atoms with Crippen LogP contribution in [0.2, 0.25) is 0 Å². The molecule has 0 atom stereocenters. The molecule has 0 saturated heterocycles. The van der Waals surface area contributed by atoms with Crippen LogP contribution >= 0.6 is 11.6 Å². The molecule has 0 saturated carbocycles. The Labute approximate surface area is 79.7 Å². The van der Waals surface area contributed by atoms with Gasteiger partial charge in [-0.3, -0.25) is 0 Å². The van der Waals surface area contributed by atoms with Crippen molar-refractivity contribution in [3.05, 3.63) is 34.5 Å². The van der Waals surface area contributed by atoms with Gasteiger partial charge in [0.25, 0.3) is 0 Å². The Morgan fingerprint density at radius 3 is 3.00 bits per heavy atom. The third-order valence-corrected chi connectivity index (χ3v) is 2.14. The van der Waals surface area contributed by atoms with Crippen LogP contribution in [0.3, 0.4) is 0 Å². The summed E-state index contributed by atoms with van der Waals surface area (Å²) < 4.78 is 0. The lowest BCUT2D eigenvalue weighted by Crippen LogP contribution is -2.07. The zero-order chi connectivity index (χ0) is 9.42. The lowest BCUT2D eigenvalue weighted by molar-refractivity contribution is -0.129. The molecule has 2 rings (SSSR count). The minimum Gasteiger partial charge on any atom is -0.477 e. The molecule has 0 aromatic carbocycles. The van der Waals surface area contributed by atoms with Gasteiger partial charge >= 0.3 is 5.97 Å². The number of fused-ring (bicyclic) bond motifs is 1. The average molecular weight is 196 g/mol. The fraction of sp³-hybridized carbons (Fsp3) is 0.111. The Kier molecular flexibility index (Phi) is 1.81. The minimum absolute atomic E-state index is 0.0843. The van der Waals surface area contributed by atoms with Gasteiger partial charge < -0.3 is 5.11 Å². The number of rotatable bonds is 1. The van der Waals surface area contributed by atoms with Crippen LogP contribution in [0.4, 0.5) is 0 Å². The Morgan fingerprint density at radius 2 is 2.31 bits per heavy atom. The second kappa shape index (κ2) is 2.85. The lowest BCUT2D eigenvalue weighted by atomic mass is 10.1. The van der Waals surface area contributed by atoms with Crippen LogP contribution in [0.15, 0.2) is 39.5 Å². The molecule has 0 unspecified atom stereocenters. The molecule has 0 fully saturated rings. The van der Waals surface area contributed by atoms with Gasteiger partial charge in [0.2, 0.25) is 0 Å². The van der Waals surface area contributed by atoms with Crippen molar-refractivity contribution in [3.63, 3.8) is 0 Å². The summed E-state index contributed by atoms with van der Waals surface area (Å²) in [6.07, 6.45) is 5.60. The number of allylic oxidation sites excluding steroid dienone is 4. The molecule has 66 valence electrons. The predicted octanol–water partition coefficient (Wildman–Crippen LogP) is 1.86. The summed E-state index contributed by atoms with van der Waals surface area (Å²) in [7, 11) is 0. The zero-order valence-electron chi connectivity index (χ0n) is 6.62. The van der Waals surface area contributed by atoms with E-state index in [1.54, 1.807) is 18.2 Å². The highest BCUT2D eigenvalue weighted by Gasteiger charge is 2.20. The summed E-state index contributed by atoms with van der Waals surface area (Å²) in [5.41, 5.74) is 1.67. The molecule has 0 bridgehead atoms. The van der Waals surface area contributed by atoms with E-state index in [2.05, 4.69) is 4.99 Å². The van der Waals surface area contributed by atoms with E-state index < -0.39 is 5.97 Å². The maximum atomic E-state index is 10.6. The molecule has 1 aliphatic carbocycles. The highest BCUT2D eigenvalue weighted by molar-refractivity contribution is 6.42. The summed E-state index contributed by atoms with van der Waals surface area (Å²) in [6.45, 7) is 0. The SMILES string of the molecule is O=C(O)C1=NC2=CC=C(Cl)CC2=C1. The monoisotopic (exact) mass is 195 g/mol. The van der Waals surface area contributed by atoms with Crippen molar-refractivity contribution in [2.75, 3.05) is 0 Å². The smallest absolute Gasteiger partial charge is 0.354 e. The standard InChI is InChI=1S/C9H6ClNO2/c10-6-1-2-7-5(3-6)4-8(11-7)9(12)13/h1-2,4H,3H2,(H,12,13). The zero-order valence-corrected chi connectivity index (χ0v) is 7.38. The van der Waals surface area contributed by atoms with E-state index in [4.69, 9.17) is 16.7 Å². The van der Waals surface area contributed by atoms with Crippen LogP contribution in [0, 0.1) is 0 Å². The van der Waals surface area contributed by atoms with Gasteiger partial charge in [-0.05, 0) is 23.8 Å². The Balaban J connectivity index is 2.36. The van der Waals surface area contributed by atoms with Crippen LogP contribution < -0.4 is 0 Å². The number of carbonyl (C=O) groups is 1. The molecule has 1 N–H and O–H groups in total. The van der Waals surface area contributed by atoms with E-state index in [1.807, 2.05) is 0 Å². The number of aliphatic carboxylic acids is 1. The van der Waals surface area contributed by atoms with Crippen LogP contribution in [0.25, 0.3) is 0 Å². The fourth-order valence-electron chi connectivity index (χ4n) is 1.28. The molecular formula is C9H6ClNO2. The van der Waals surface area contributed by atoms with Crippen molar-refractivity contribution in [3.8, 4) is 0 Å². The Hall–Kier alpha value is -1.35. The van der Waals surface area contributed by atoms with Gasteiger partial charge in [0.1, 0.15) is 5.71 Å². The van der Waals surface area contributed by atoms with Crippen LogP contribution in [0.5, 0.6) is 0 Å². The molecule has 0 aromatic rings. The molecule has 3 nitrogen and oxygen atoms in total. The highest BCUT2D eigenvalue weighted by Crippen LogP contribution is 2.30. The van der Waals surface area contributed by atoms with Gasteiger partial charge in [0.05, 0.1) is 5.70 Å². The average Bonchev–Trinajstić information content (AvgIpc) is 2.46. The number of halogens is 1. The molecular weight excluding hydrogens is 190 g/mol. The molecule has 1 aliphatic heterocycles. The van der Waals surface area contributed by atoms with E-state index in [-0.39, 0.29) is 5.71 Å². The van der Waals surface area contributed by atoms with Gasteiger partial charge in [-0.1, -0.05) is 11.6 Å². The number of hydrogen-bond acceptors (Lipinski definition) is 2. The Bertz CT molecular complexity index is 402. The van der Waals surface area contributed by atoms with E-state index in [0.29, 0.717) is 17.2 Å². The molecule has 2 aliphatic rings. The van der Waals surface area contributed by atoms with Crippen molar-refractivity contribution in [1.82, 2.24) is 0 Å². The third kappa shape index (κ3) is 1.42. The second-order valence-corrected chi connectivity index (χ2v) is 3.30. The molecule has 0 radical (unpaired) electrons. The van der Waals surface area contributed by atoms with E-state index in [0.717, 1.165) is 5.57 Å². The van der Waals surface area contributed by atoms with Crippen LogP contribution in [-0.4, -0.2) is 16.8 Å². The fourth-order valence-corrected chi connectivity index (χ4v) is 1.49. The molecule has 0 spiro atoms. The normalized spacial score (nSPS) is 19.8. The Morgan fingerprint density at radius 1 is 1.54 bits per heavy atom. The first-order chi connectivity index (χ1) is 6.16. The molecule has 0 aromatic heterocycles. The molecule has 13 heavy (non-hydrogen) atoms. The van der Waals surface area contributed by atoms with Crippen LogP contribution in [-0.2, 0) is 4.79 Å². The quantitative estimate of drug-likeness (QED) is 0.694. The molecule has 1 heterocycles. The largest absolute Gasteiger partial charge is 0.477 e. The summed E-state index contributed by atoms with van der Waals surface area (Å²) in [5.74, 6) is -1.00. The summed E-state index contributed by atoms with van der Waals surface area (Å²) in [5, 5.41) is 9.38. The first-order valence-corrected chi connectivity index (χ1v) is 4.14. The van der Waals surface area contributed by atoms with Crippen molar-refractivity contribution in [2.45, 2.75) is 6.42 Å². The number of aliphatic imine (C=N–C) groups is 1. The number of nitrogens with zero attached hydrogens (tertiary/aromatic N) is 1. The second-order valence-electron chi connectivity index (χ2n) is 2.81. The van der Waals surface area contributed by atoms with Gasteiger partial charge in [-0.15, -0.1) is 0 Å². The minimum atomic E-state index is -1.00. The van der Waals surface area contributed by atoms with Crippen LogP contribution in [0.1, 0.15) is 6.42 Å². The van der Waals surface area contributed by atoms with Crippen molar-refractivity contribution in [2.24, 2.45) is 4.99 Å².